The van der Waals surface area contributed by atoms with Crippen molar-refractivity contribution in [1.82, 2.24) is 24.8 Å². The van der Waals surface area contributed by atoms with Crippen molar-refractivity contribution < 1.29 is 9.53 Å². The summed E-state index contributed by atoms with van der Waals surface area (Å²) in [4.78, 5) is 16.6. The lowest BCUT2D eigenvalue weighted by molar-refractivity contribution is -0.133. The normalized spacial score (nSPS) is 15.2. The molecule has 7 nitrogen and oxygen atoms in total. The van der Waals surface area contributed by atoms with E-state index in [0.717, 1.165) is 50.6 Å². The van der Waals surface area contributed by atoms with E-state index in [1.807, 2.05) is 41.4 Å². The molecule has 2 heterocycles. The van der Waals surface area contributed by atoms with Crippen LogP contribution in [0.1, 0.15) is 25.5 Å². The number of nitrogens with zero attached hydrogens (tertiary/aromatic N) is 5. The van der Waals surface area contributed by atoms with Crippen molar-refractivity contribution in [3.63, 3.8) is 0 Å². The van der Waals surface area contributed by atoms with Crippen molar-refractivity contribution in [3.8, 4) is 5.75 Å². The molecule has 1 aromatic heterocycles. The van der Waals surface area contributed by atoms with Crippen LogP contribution >= 0.6 is 0 Å². The van der Waals surface area contributed by atoms with E-state index in [2.05, 4.69) is 22.1 Å². The first kappa shape index (κ1) is 18.4. The van der Waals surface area contributed by atoms with Crippen LogP contribution in [0.5, 0.6) is 5.75 Å². The van der Waals surface area contributed by atoms with Crippen LogP contribution in [0.25, 0.3) is 0 Å². The van der Waals surface area contributed by atoms with Gasteiger partial charge in [-0.2, -0.15) is 0 Å². The van der Waals surface area contributed by atoms with Gasteiger partial charge in [-0.3, -0.25) is 9.48 Å². The third kappa shape index (κ3) is 5.29. The SMILES string of the molecule is CCN1CCN(C(=O)CCCn2cc(COc3ccccc3)nn2)CC1. The Labute approximate surface area is 154 Å². The Kier molecular flexibility index (Phi) is 6.60. The van der Waals surface area contributed by atoms with E-state index in [-0.39, 0.29) is 5.91 Å². The summed E-state index contributed by atoms with van der Waals surface area (Å²) in [5.74, 6) is 1.06. The van der Waals surface area contributed by atoms with Gasteiger partial charge in [0, 0.05) is 39.1 Å². The van der Waals surface area contributed by atoms with Gasteiger partial charge in [0.1, 0.15) is 18.1 Å². The maximum Gasteiger partial charge on any atom is 0.222 e. The molecule has 1 aromatic carbocycles. The molecule has 3 rings (SSSR count). The zero-order valence-electron chi connectivity index (χ0n) is 15.4. The van der Waals surface area contributed by atoms with Crippen LogP contribution in [0.4, 0.5) is 0 Å². The van der Waals surface area contributed by atoms with Crippen LogP contribution < -0.4 is 4.74 Å². The molecule has 0 aliphatic carbocycles. The number of rotatable bonds is 8. The molecule has 0 spiro atoms. The highest BCUT2D eigenvalue weighted by molar-refractivity contribution is 5.76. The second-order valence-corrected chi connectivity index (χ2v) is 6.49. The molecule has 2 aromatic rings. The fourth-order valence-corrected chi connectivity index (χ4v) is 3.05. The number of carbonyl (C=O) groups excluding carboxylic acids is 1. The molecule has 0 atom stereocenters. The number of carbonyl (C=O) groups is 1. The van der Waals surface area contributed by atoms with Gasteiger partial charge in [0.25, 0.3) is 0 Å². The Bertz CT molecular complexity index is 680. The van der Waals surface area contributed by atoms with Gasteiger partial charge in [-0.25, -0.2) is 0 Å². The molecule has 1 aliphatic heterocycles. The molecule has 1 fully saturated rings. The first-order valence-corrected chi connectivity index (χ1v) is 9.31. The van der Waals surface area contributed by atoms with Gasteiger partial charge in [-0.05, 0) is 25.1 Å². The molecule has 0 bridgehead atoms. The summed E-state index contributed by atoms with van der Waals surface area (Å²) in [6.07, 6.45) is 3.21. The predicted octanol–water partition coefficient (Wildman–Crippen LogP) is 1.80. The number of benzene rings is 1. The average molecular weight is 357 g/mol. The molecule has 0 unspecified atom stereocenters. The summed E-state index contributed by atoms with van der Waals surface area (Å²) >= 11 is 0. The summed E-state index contributed by atoms with van der Waals surface area (Å²) in [5, 5.41) is 8.24. The minimum absolute atomic E-state index is 0.244. The zero-order chi connectivity index (χ0) is 18.2. The number of hydrogen-bond acceptors (Lipinski definition) is 5. The number of amides is 1. The first-order chi connectivity index (χ1) is 12.7. The number of piperazine rings is 1. The highest BCUT2D eigenvalue weighted by atomic mass is 16.5. The van der Waals surface area contributed by atoms with E-state index < -0.39 is 0 Å². The van der Waals surface area contributed by atoms with Crippen molar-refractivity contribution in [2.75, 3.05) is 32.7 Å². The molecule has 26 heavy (non-hydrogen) atoms. The van der Waals surface area contributed by atoms with Crippen molar-refractivity contribution in [1.29, 1.82) is 0 Å². The lowest BCUT2D eigenvalue weighted by atomic mass is 10.2. The van der Waals surface area contributed by atoms with E-state index >= 15 is 0 Å². The van der Waals surface area contributed by atoms with E-state index in [1.165, 1.54) is 0 Å². The molecule has 1 saturated heterocycles. The molecule has 140 valence electrons. The summed E-state index contributed by atoms with van der Waals surface area (Å²) in [6.45, 7) is 7.96. The van der Waals surface area contributed by atoms with E-state index in [4.69, 9.17) is 4.74 Å². The summed E-state index contributed by atoms with van der Waals surface area (Å²) < 4.78 is 7.45. The summed E-state index contributed by atoms with van der Waals surface area (Å²) in [5.41, 5.74) is 0.788. The van der Waals surface area contributed by atoms with Gasteiger partial charge >= 0.3 is 0 Å². The van der Waals surface area contributed by atoms with Crippen molar-refractivity contribution in [2.45, 2.75) is 32.9 Å². The predicted molar refractivity (Wildman–Crippen MR) is 98.7 cm³/mol. The Balaban J connectivity index is 1.36. The van der Waals surface area contributed by atoms with E-state index in [0.29, 0.717) is 19.6 Å². The molecule has 1 amide bonds. The standard InChI is InChI=1S/C19H27N5O2/c1-2-22-11-13-23(14-12-22)19(25)9-6-10-24-15-17(20-21-24)16-26-18-7-4-3-5-8-18/h3-5,7-8,15H,2,6,9-14,16H2,1H3. The van der Waals surface area contributed by atoms with Gasteiger partial charge in [0.2, 0.25) is 5.91 Å². The van der Waals surface area contributed by atoms with Gasteiger partial charge in [0.15, 0.2) is 0 Å². The quantitative estimate of drug-likeness (QED) is 0.721. The summed E-state index contributed by atoms with van der Waals surface area (Å²) in [7, 11) is 0. The highest BCUT2D eigenvalue weighted by Crippen LogP contribution is 2.10. The number of hydrogen-bond donors (Lipinski definition) is 0. The van der Waals surface area contributed by atoms with E-state index in [1.54, 1.807) is 4.68 Å². The Morgan fingerprint density at radius 1 is 1.15 bits per heavy atom. The zero-order valence-corrected chi connectivity index (χ0v) is 15.4. The second-order valence-electron chi connectivity index (χ2n) is 6.49. The van der Waals surface area contributed by atoms with Crippen molar-refractivity contribution in [3.05, 3.63) is 42.2 Å². The fourth-order valence-electron chi connectivity index (χ4n) is 3.05. The molecule has 0 saturated carbocycles. The number of para-hydroxylation sites is 1. The van der Waals surface area contributed by atoms with Crippen LogP contribution in [-0.2, 0) is 17.9 Å². The highest BCUT2D eigenvalue weighted by Gasteiger charge is 2.19. The number of aromatic nitrogens is 3. The smallest absolute Gasteiger partial charge is 0.222 e. The molecular formula is C19H27N5O2. The lowest BCUT2D eigenvalue weighted by Crippen LogP contribution is -2.48. The molecule has 1 aliphatic rings. The van der Waals surface area contributed by atoms with Crippen LogP contribution in [-0.4, -0.2) is 63.4 Å². The van der Waals surface area contributed by atoms with Gasteiger partial charge < -0.3 is 14.5 Å². The number of aryl methyl sites for hydroxylation is 1. The topological polar surface area (TPSA) is 63.5 Å². The van der Waals surface area contributed by atoms with E-state index in [9.17, 15) is 4.79 Å². The molecule has 0 radical (unpaired) electrons. The van der Waals surface area contributed by atoms with Crippen molar-refractivity contribution in [2.24, 2.45) is 0 Å². The lowest BCUT2D eigenvalue weighted by Gasteiger charge is -2.34. The third-order valence-corrected chi connectivity index (χ3v) is 4.67. The van der Waals surface area contributed by atoms with Gasteiger partial charge in [-0.1, -0.05) is 30.3 Å². The average Bonchev–Trinajstić information content (AvgIpc) is 3.15. The minimum atomic E-state index is 0.244. The maximum absolute atomic E-state index is 12.3. The monoisotopic (exact) mass is 357 g/mol. The Morgan fingerprint density at radius 2 is 1.92 bits per heavy atom. The number of likely N-dealkylation sites (N-methyl/N-ethyl adjacent to an activating group) is 1. The van der Waals surface area contributed by atoms with Crippen LogP contribution in [0.15, 0.2) is 36.5 Å². The molecular weight excluding hydrogens is 330 g/mol. The third-order valence-electron chi connectivity index (χ3n) is 4.67. The van der Waals surface area contributed by atoms with Crippen LogP contribution in [0.2, 0.25) is 0 Å². The van der Waals surface area contributed by atoms with Crippen LogP contribution in [0.3, 0.4) is 0 Å². The maximum atomic E-state index is 12.3. The first-order valence-electron chi connectivity index (χ1n) is 9.31. The van der Waals surface area contributed by atoms with Crippen molar-refractivity contribution >= 4 is 5.91 Å². The minimum Gasteiger partial charge on any atom is -0.487 e. The second kappa shape index (κ2) is 9.33. The van der Waals surface area contributed by atoms with Gasteiger partial charge in [-0.15, -0.1) is 5.10 Å². The summed E-state index contributed by atoms with van der Waals surface area (Å²) in [6, 6.07) is 9.65. The largest absolute Gasteiger partial charge is 0.487 e. The van der Waals surface area contributed by atoms with Gasteiger partial charge in [0.05, 0.1) is 6.20 Å². The number of ether oxygens (including phenoxy) is 1. The van der Waals surface area contributed by atoms with Crippen LogP contribution in [0, 0.1) is 0 Å². The molecule has 0 N–H and O–H groups in total. The molecule has 7 heteroatoms. The fraction of sp³-hybridized carbons (Fsp3) is 0.526. The Hall–Kier alpha value is -2.41. The Morgan fingerprint density at radius 3 is 2.65 bits per heavy atom.